The molecule has 1 unspecified atom stereocenters. The molecule has 0 amide bonds. The normalized spacial score (nSPS) is 14.3. The van der Waals surface area contributed by atoms with Crippen molar-refractivity contribution in [2.24, 2.45) is 0 Å². The molecule has 1 aliphatic rings. The Morgan fingerprint density at radius 3 is 2.61 bits per heavy atom. The molecule has 210 valence electrons. The Bertz CT molecular complexity index is 1740. The highest BCUT2D eigenvalue weighted by Crippen LogP contribution is 2.41. The van der Waals surface area contributed by atoms with Gasteiger partial charge in [-0.1, -0.05) is 35.5 Å². The number of hydrogen-bond donors (Lipinski definition) is 0. The summed E-state index contributed by atoms with van der Waals surface area (Å²) in [5, 5.41) is 19.8. The molecular formula is C28H26N6O7. The first-order valence-electron chi connectivity index (χ1n) is 12.7. The van der Waals surface area contributed by atoms with E-state index in [0.717, 1.165) is 0 Å². The number of nitrogens with zero attached hydrogens (tertiary/aromatic N) is 6. The minimum atomic E-state index is -0.775. The van der Waals surface area contributed by atoms with Gasteiger partial charge >= 0.3 is 5.97 Å². The van der Waals surface area contributed by atoms with Crippen LogP contribution in [0.25, 0.3) is 5.69 Å². The van der Waals surface area contributed by atoms with E-state index >= 15 is 0 Å². The molecule has 0 N–H and O–H groups in total. The number of nitro groups is 1. The van der Waals surface area contributed by atoms with E-state index in [-0.39, 0.29) is 41.5 Å². The predicted molar refractivity (Wildman–Crippen MR) is 145 cm³/mol. The molecule has 5 rings (SSSR count). The highest BCUT2D eigenvalue weighted by Gasteiger charge is 2.38. The third-order valence-corrected chi connectivity index (χ3v) is 6.68. The van der Waals surface area contributed by atoms with Crippen molar-refractivity contribution < 1.29 is 23.9 Å². The molecule has 0 spiro atoms. The van der Waals surface area contributed by atoms with E-state index < -0.39 is 22.4 Å². The largest absolute Gasteiger partial charge is 0.496 e. The summed E-state index contributed by atoms with van der Waals surface area (Å²) in [6.07, 6.45) is 1.50. The fourth-order valence-corrected chi connectivity index (χ4v) is 4.78. The molecule has 1 atom stereocenters. The van der Waals surface area contributed by atoms with Crippen molar-refractivity contribution in [2.45, 2.75) is 33.2 Å². The number of rotatable bonds is 8. The molecule has 2 aromatic carbocycles. The minimum absolute atomic E-state index is 0.0339. The Morgan fingerprint density at radius 2 is 1.93 bits per heavy atom. The molecule has 0 radical (unpaired) electrons. The zero-order valence-electron chi connectivity index (χ0n) is 22.7. The molecule has 0 saturated heterocycles. The van der Waals surface area contributed by atoms with Crippen LogP contribution < -0.4 is 15.0 Å². The smallest absolute Gasteiger partial charge is 0.338 e. The molecule has 41 heavy (non-hydrogen) atoms. The molecule has 1 aliphatic heterocycles. The average molecular weight is 559 g/mol. The summed E-state index contributed by atoms with van der Waals surface area (Å²) in [7, 11) is 1.42. The van der Waals surface area contributed by atoms with E-state index in [4.69, 9.17) is 14.2 Å². The summed E-state index contributed by atoms with van der Waals surface area (Å²) in [6, 6.07) is 13.5. The van der Waals surface area contributed by atoms with Gasteiger partial charge in [0.05, 0.1) is 54.5 Å². The first-order valence-corrected chi connectivity index (χ1v) is 12.7. The van der Waals surface area contributed by atoms with Crippen molar-refractivity contribution in [2.75, 3.05) is 13.7 Å². The minimum Gasteiger partial charge on any atom is -0.496 e. The quantitative estimate of drug-likeness (QED) is 0.178. The van der Waals surface area contributed by atoms with E-state index in [2.05, 4.69) is 15.3 Å². The zero-order chi connectivity index (χ0) is 29.3. The Morgan fingerprint density at radius 1 is 1.17 bits per heavy atom. The molecule has 4 aromatic rings. The summed E-state index contributed by atoms with van der Waals surface area (Å²) in [4.78, 5) is 42.8. The van der Waals surface area contributed by atoms with Crippen LogP contribution in [0.5, 0.6) is 11.6 Å². The molecule has 13 nitrogen and oxygen atoms in total. The number of allylic oxidation sites excluding steroid dienone is 1. The number of carbonyl (C=O) groups is 1. The molecular weight excluding hydrogens is 532 g/mol. The molecule has 0 fully saturated rings. The van der Waals surface area contributed by atoms with Crippen LogP contribution in [0.1, 0.15) is 42.4 Å². The number of aryl methyl sites for hydroxylation is 1. The third-order valence-electron chi connectivity index (χ3n) is 6.68. The number of fused-ring (bicyclic) bond motifs is 1. The molecule has 13 heteroatoms. The average Bonchev–Trinajstić information content (AvgIpc) is 3.43. The van der Waals surface area contributed by atoms with E-state index in [1.54, 1.807) is 26.8 Å². The van der Waals surface area contributed by atoms with Crippen molar-refractivity contribution in [3.8, 4) is 17.3 Å². The summed E-state index contributed by atoms with van der Waals surface area (Å²) < 4.78 is 19.0. The highest BCUT2D eigenvalue weighted by atomic mass is 16.6. The lowest BCUT2D eigenvalue weighted by Gasteiger charge is -2.28. The first kappa shape index (κ1) is 27.2. The topological polar surface area (TPSA) is 154 Å². The molecule has 3 heterocycles. The summed E-state index contributed by atoms with van der Waals surface area (Å²) in [6.45, 7) is 5.12. The van der Waals surface area contributed by atoms with Crippen molar-refractivity contribution in [1.82, 2.24) is 24.5 Å². The molecule has 2 aromatic heterocycles. The Labute approximate surface area is 233 Å². The number of methoxy groups -OCH3 is 1. The maximum atomic E-state index is 14.1. The van der Waals surface area contributed by atoms with E-state index in [1.807, 2.05) is 30.3 Å². The van der Waals surface area contributed by atoms with Gasteiger partial charge in [-0.15, -0.1) is 5.10 Å². The number of ether oxygens (including phenoxy) is 3. The standard InChI is InChI=1S/C28H26N6O7/c1-5-40-28(36)23-16(2)41-26-25(24(23)18-9-7-6-8-10-18)27(35)32(17(3)29-26)14-19-15-33(31-30-19)21-12-11-20(39-4)13-22(21)34(37)38/h6-13,15,24H,5,14H2,1-4H3. The van der Waals surface area contributed by atoms with Crippen LogP contribution in [0.15, 0.2) is 70.9 Å². The second-order valence-electron chi connectivity index (χ2n) is 9.17. The van der Waals surface area contributed by atoms with Crippen molar-refractivity contribution >= 4 is 11.7 Å². The van der Waals surface area contributed by atoms with Crippen LogP contribution in [-0.4, -0.2) is 49.2 Å². The second-order valence-corrected chi connectivity index (χ2v) is 9.17. The van der Waals surface area contributed by atoms with Crippen LogP contribution >= 0.6 is 0 Å². The van der Waals surface area contributed by atoms with Crippen molar-refractivity contribution in [3.05, 3.63) is 109 Å². The Kier molecular flexibility index (Phi) is 7.34. The number of nitro benzene ring substituents is 1. The number of hydrogen-bond acceptors (Lipinski definition) is 10. The predicted octanol–water partition coefficient (Wildman–Crippen LogP) is 3.46. The fourth-order valence-electron chi connectivity index (χ4n) is 4.78. The lowest BCUT2D eigenvalue weighted by Crippen LogP contribution is -2.34. The van der Waals surface area contributed by atoms with Gasteiger partial charge in [0.2, 0.25) is 5.88 Å². The van der Waals surface area contributed by atoms with E-state index in [0.29, 0.717) is 28.6 Å². The second kappa shape index (κ2) is 11.0. The number of benzene rings is 2. The lowest BCUT2D eigenvalue weighted by atomic mass is 9.83. The van der Waals surface area contributed by atoms with Crippen LogP contribution in [0, 0.1) is 17.0 Å². The Balaban J connectivity index is 1.58. The summed E-state index contributed by atoms with van der Waals surface area (Å²) >= 11 is 0. The van der Waals surface area contributed by atoms with E-state index in [1.165, 1.54) is 34.7 Å². The maximum Gasteiger partial charge on any atom is 0.338 e. The van der Waals surface area contributed by atoms with Gasteiger partial charge < -0.3 is 14.2 Å². The van der Waals surface area contributed by atoms with Crippen LogP contribution in [-0.2, 0) is 16.1 Å². The maximum absolute atomic E-state index is 14.1. The Hall–Kier alpha value is -5.33. The van der Waals surface area contributed by atoms with Crippen LogP contribution in [0.2, 0.25) is 0 Å². The SMILES string of the molecule is CCOC(=O)C1=C(C)Oc2nc(C)n(Cc3cn(-c4ccc(OC)cc4[N+](=O)[O-])nn3)c(=O)c2C1c1ccccc1. The van der Waals surface area contributed by atoms with E-state index in [9.17, 15) is 19.7 Å². The number of carbonyl (C=O) groups excluding carboxylic acids is 1. The third kappa shape index (κ3) is 5.04. The molecule has 0 aliphatic carbocycles. The molecule has 0 saturated carbocycles. The number of esters is 1. The molecule has 0 bridgehead atoms. The number of aromatic nitrogens is 5. The van der Waals surface area contributed by atoms with Gasteiger partial charge in [0.25, 0.3) is 11.2 Å². The fraction of sp³-hybridized carbons (Fsp3) is 0.250. The summed E-state index contributed by atoms with van der Waals surface area (Å²) in [5.74, 6) is -0.273. The van der Waals surface area contributed by atoms with Crippen molar-refractivity contribution in [3.63, 3.8) is 0 Å². The first-order chi connectivity index (χ1) is 19.7. The van der Waals surface area contributed by atoms with Gasteiger partial charge in [-0.25, -0.2) is 9.48 Å². The zero-order valence-corrected chi connectivity index (χ0v) is 22.7. The van der Waals surface area contributed by atoms with Gasteiger partial charge in [-0.05, 0) is 38.5 Å². The van der Waals surface area contributed by atoms with Gasteiger partial charge in [0.1, 0.15) is 28.7 Å². The van der Waals surface area contributed by atoms with Crippen molar-refractivity contribution in [1.29, 1.82) is 0 Å². The van der Waals surface area contributed by atoms with Gasteiger partial charge in [-0.3, -0.25) is 19.5 Å². The monoisotopic (exact) mass is 558 g/mol. The lowest BCUT2D eigenvalue weighted by molar-refractivity contribution is -0.384. The highest BCUT2D eigenvalue weighted by molar-refractivity contribution is 5.92. The van der Waals surface area contributed by atoms with Crippen LogP contribution in [0.4, 0.5) is 5.69 Å². The van der Waals surface area contributed by atoms with Gasteiger partial charge in [0.15, 0.2) is 0 Å². The van der Waals surface area contributed by atoms with Crippen LogP contribution in [0.3, 0.4) is 0 Å². The van der Waals surface area contributed by atoms with Gasteiger partial charge in [0, 0.05) is 0 Å². The summed E-state index contributed by atoms with van der Waals surface area (Å²) in [5.41, 5.74) is 0.992. The van der Waals surface area contributed by atoms with Gasteiger partial charge in [-0.2, -0.15) is 4.98 Å².